The summed E-state index contributed by atoms with van der Waals surface area (Å²) >= 11 is 0. The van der Waals surface area contributed by atoms with E-state index in [1.807, 2.05) is 6.92 Å². The van der Waals surface area contributed by atoms with Gasteiger partial charge in [0.1, 0.15) is 12.0 Å². The van der Waals surface area contributed by atoms with Gasteiger partial charge in [0.25, 0.3) is 0 Å². The predicted molar refractivity (Wildman–Crippen MR) is 45.3 cm³/mol. The van der Waals surface area contributed by atoms with Gasteiger partial charge in [-0.15, -0.1) is 0 Å². The SMILES string of the molecule is C\C=C/C(C=O)=C\C(O)=C\C. The van der Waals surface area contributed by atoms with E-state index in [0.29, 0.717) is 11.9 Å². The zero-order valence-electron chi connectivity index (χ0n) is 6.74. The summed E-state index contributed by atoms with van der Waals surface area (Å²) in [6.07, 6.45) is 7.00. The van der Waals surface area contributed by atoms with Crippen LogP contribution in [0.4, 0.5) is 0 Å². The van der Waals surface area contributed by atoms with Gasteiger partial charge in [0.05, 0.1) is 0 Å². The standard InChI is InChI=1S/C9H12O2/c1-3-5-8(7-10)6-9(11)4-2/h3-7,11H,1-2H3/b5-3-,8-6+,9-4-. The summed E-state index contributed by atoms with van der Waals surface area (Å²) in [6, 6.07) is 0. The summed E-state index contributed by atoms with van der Waals surface area (Å²) in [5.74, 6) is 0.102. The zero-order valence-corrected chi connectivity index (χ0v) is 6.74. The Bertz CT molecular complexity index is 210. The third kappa shape index (κ3) is 4.14. The van der Waals surface area contributed by atoms with Gasteiger partial charge in [0, 0.05) is 5.57 Å². The second-order valence-corrected chi connectivity index (χ2v) is 1.98. The molecule has 11 heavy (non-hydrogen) atoms. The minimum Gasteiger partial charge on any atom is -0.508 e. The van der Waals surface area contributed by atoms with Crippen LogP contribution in [0.3, 0.4) is 0 Å². The number of hydrogen-bond acceptors (Lipinski definition) is 2. The molecule has 0 aromatic carbocycles. The lowest BCUT2D eigenvalue weighted by molar-refractivity contribution is -0.104. The van der Waals surface area contributed by atoms with Crippen molar-refractivity contribution in [1.82, 2.24) is 0 Å². The fourth-order valence-corrected chi connectivity index (χ4v) is 0.568. The number of aldehydes is 1. The topological polar surface area (TPSA) is 37.3 Å². The fraction of sp³-hybridized carbons (Fsp3) is 0.222. The molecular weight excluding hydrogens is 140 g/mol. The maximum atomic E-state index is 10.3. The van der Waals surface area contributed by atoms with Crippen LogP contribution in [-0.4, -0.2) is 11.4 Å². The Balaban J connectivity index is 4.47. The number of carbonyl (C=O) groups is 1. The van der Waals surface area contributed by atoms with Crippen LogP contribution in [0, 0.1) is 0 Å². The molecule has 0 amide bonds. The lowest BCUT2D eigenvalue weighted by atomic mass is 10.2. The molecular formula is C9H12O2. The number of carbonyl (C=O) groups excluding carboxylic acids is 1. The van der Waals surface area contributed by atoms with Crippen LogP contribution in [-0.2, 0) is 4.79 Å². The fourth-order valence-electron chi connectivity index (χ4n) is 0.568. The highest BCUT2D eigenvalue weighted by Gasteiger charge is 1.88. The van der Waals surface area contributed by atoms with Crippen LogP contribution < -0.4 is 0 Å². The van der Waals surface area contributed by atoms with Gasteiger partial charge in [-0.1, -0.05) is 12.2 Å². The highest BCUT2D eigenvalue weighted by molar-refractivity contribution is 5.78. The summed E-state index contributed by atoms with van der Waals surface area (Å²) < 4.78 is 0. The van der Waals surface area contributed by atoms with E-state index in [9.17, 15) is 4.79 Å². The van der Waals surface area contributed by atoms with Gasteiger partial charge in [-0.3, -0.25) is 4.79 Å². The zero-order chi connectivity index (χ0) is 8.69. The largest absolute Gasteiger partial charge is 0.508 e. The molecule has 0 radical (unpaired) electrons. The first-order chi connectivity index (χ1) is 5.24. The third-order valence-corrected chi connectivity index (χ3v) is 1.11. The monoisotopic (exact) mass is 152 g/mol. The maximum absolute atomic E-state index is 10.3. The van der Waals surface area contributed by atoms with Crippen molar-refractivity contribution < 1.29 is 9.90 Å². The molecule has 0 aromatic rings. The molecule has 0 bridgehead atoms. The Kier molecular flexibility index (Phi) is 4.82. The van der Waals surface area contributed by atoms with Crippen LogP contribution in [0.15, 0.2) is 35.6 Å². The first-order valence-electron chi connectivity index (χ1n) is 3.39. The number of rotatable bonds is 3. The first-order valence-corrected chi connectivity index (χ1v) is 3.39. The molecule has 0 saturated heterocycles. The third-order valence-electron chi connectivity index (χ3n) is 1.11. The van der Waals surface area contributed by atoms with E-state index in [1.165, 1.54) is 12.2 Å². The molecule has 0 saturated carbocycles. The van der Waals surface area contributed by atoms with E-state index in [1.54, 1.807) is 19.1 Å². The highest BCUT2D eigenvalue weighted by atomic mass is 16.3. The average molecular weight is 152 g/mol. The highest BCUT2D eigenvalue weighted by Crippen LogP contribution is 1.98. The van der Waals surface area contributed by atoms with E-state index < -0.39 is 0 Å². The van der Waals surface area contributed by atoms with E-state index in [0.717, 1.165) is 0 Å². The quantitative estimate of drug-likeness (QED) is 0.291. The molecule has 0 heterocycles. The number of aliphatic hydroxyl groups excluding tert-OH is 1. The number of allylic oxidation sites excluding steroid dienone is 5. The van der Waals surface area contributed by atoms with Crippen molar-refractivity contribution >= 4 is 6.29 Å². The molecule has 60 valence electrons. The summed E-state index contributed by atoms with van der Waals surface area (Å²) in [4.78, 5) is 10.3. The molecule has 0 spiro atoms. The minimum atomic E-state index is 0.102. The Morgan fingerprint density at radius 3 is 2.36 bits per heavy atom. The summed E-state index contributed by atoms with van der Waals surface area (Å²) in [7, 11) is 0. The molecule has 0 atom stereocenters. The lowest BCUT2D eigenvalue weighted by Gasteiger charge is -1.89. The minimum absolute atomic E-state index is 0.102. The Morgan fingerprint density at radius 1 is 1.36 bits per heavy atom. The second kappa shape index (κ2) is 5.47. The van der Waals surface area contributed by atoms with Crippen molar-refractivity contribution in [2.45, 2.75) is 13.8 Å². The first kappa shape index (κ1) is 9.69. The molecule has 0 fully saturated rings. The molecule has 0 rings (SSSR count). The van der Waals surface area contributed by atoms with Crippen LogP contribution in [0.5, 0.6) is 0 Å². The van der Waals surface area contributed by atoms with Gasteiger partial charge in [0.15, 0.2) is 0 Å². The maximum Gasteiger partial charge on any atom is 0.150 e. The summed E-state index contributed by atoms with van der Waals surface area (Å²) in [5, 5.41) is 8.98. The van der Waals surface area contributed by atoms with Crippen molar-refractivity contribution in [2.75, 3.05) is 0 Å². The Morgan fingerprint density at radius 2 is 2.00 bits per heavy atom. The number of hydrogen-bond donors (Lipinski definition) is 1. The van der Waals surface area contributed by atoms with Crippen molar-refractivity contribution in [3.63, 3.8) is 0 Å². The van der Waals surface area contributed by atoms with E-state index in [4.69, 9.17) is 5.11 Å². The van der Waals surface area contributed by atoms with Gasteiger partial charge in [-0.05, 0) is 26.0 Å². The second-order valence-electron chi connectivity index (χ2n) is 1.98. The smallest absolute Gasteiger partial charge is 0.150 e. The molecule has 0 unspecified atom stereocenters. The normalized spacial score (nSPS) is 14.0. The van der Waals surface area contributed by atoms with Gasteiger partial charge in [-0.25, -0.2) is 0 Å². The molecule has 2 nitrogen and oxygen atoms in total. The van der Waals surface area contributed by atoms with Gasteiger partial charge in [0.2, 0.25) is 0 Å². The lowest BCUT2D eigenvalue weighted by Crippen LogP contribution is -1.81. The van der Waals surface area contributed by atoms with Gasteiger partial charge >= 0.3 is 0 Å². The summed E-state index contributed by atoms with van der Waals surface area (Å²) in [5.41, 5.74) is 0.461. The predicted octanol–water partition coefficient (Wildman–Crippen LogP) is 2.15. The molecule has 0 aliphatic carbocycles. The molecule has 1 N–H and O–H groups in total. The molecule has 0 aliphatic rings. The van der Waals surface area contributed by atoms with Crippen molar-refractivity contribution in [1.29, 1.82) is 0 Å². The van der Waals surface area contributed by atoms with E-state index in [-0.39, 0.29) is 5.76 Å². The van der Waals surface area contributed by atoms with Gasteiger partial charge < -0.3 is 5.11 Å². The van der Waals surface area contributed by atoms with Crippen molar-refractivity contribution in [3.05, 3.63) is 35.6 Å². The Hall–Kier alpha value is -1.31. The van der Waals surface area contributed by atoms with E-state index >= 15 is 0 Å². The summed E-state index contributed by atoms with van der Waals surface area (Å²) in [6.45, 7) is 3.51. The number of aliphatic hydroxyl groups is 1. The van der Waals surface area contributed by atoms with Crippen LogP contribution in [0.2, 0.25) is 0 Å². The Labute approximate surface area is 66.5 Å². The van der Waals surface area contributed by atoms with Crippen molar-refractivity contribution in [3.8, 4) is 0 Å². The molecule has 0 aliphatic heterocycles. The van der Waals surface area contributed by atoms with E-state index in [2.05, 4.69) is 0 Å². The van der Waals surface area contributed by atoms with Gasteiger partial charge in [-0.2, -0.15) is 0 Å². The average Bonchev–Trinajstić information content (AvgIpc) is 2.03. The molecule has 0 aromatic heterocycles. The van der Waals surface area contributed by atoms with Crippen LogP contribution in [0.25, 0.3) is 0 Å². The van der Waals surface area contributed by atoms with Crippen LogP contribution >= 0.6 is 0 Å². The molecule has 2 heteroatoms. The van der Waals surface area contributed by atoms with Crippen LogP contribution in [0.1, 0.15) is 13.8 Å². The van der Waals surface area contributed by atoms with Crippen molar-refractivity contribution in [2.24, 2.45) is 0 Å².